The average Bonchev–Trinajstić information content (AvgIpc) is 2.65. The minimum Gasteiger partial charge on any atom is -0.355 e. The van der Waals surface area contributed by atoms with Crippen LogP contribution in [0.2, 0.25) is 0 Å². The van der Waals surface area contributed by atoms with Crippen molar-refractivity contribution >= 4 is 11.8 Å². The summed E-state index contributed by atoms with van der Waals surface area (Å²) in [5.74, 6) is 0.124. The molecule has 0 spiro atoms. The molecule has 17 heavy (non-hydrogen) atoms. The molecule has 1 aliphatic rings. The molecule has 1 aliphatic heterocycles. The van der Waals surface area contributed by atoms with E-state index >= 15 is 0 Å². The van der Waals surface area contributed by atoms with Gasteiger partial charge in [0, 0.05) is 26.1 Å². The van der Waals surface area contributed by atoms with Crippen molar-refractivity contribution in [2.45, 2.75) is 46.5 Å². The van der Waals surface area contributed by atoms with Gasteiger partial charge in [0.05, 0.1) is 5.41 Å². The highest BCUT2D eigenvalue weighted by atomic mass is 16.2. The predicted octanol–water partition coefficient (Wildman–Crippen LogP) is 1.55. The zero-order chi connectivity index (χ0) is 12.9. The maximum atomic E-state index is 12.4. The van der Waals surface area contributed by atoms with Gasteiger partial charge in [-0.3, -0.25) is 9.59 Å². The number of rotatable bonds is 6. The molecule has 1 fully saturated rings. The molecule has 4 heteroatoms. The minimum atomic E-state index is -0.528. The van der Waals surface area contributed by atoms with E-state index < -0.39 is 5.41 Å². The number of nitrogens with zero attached hydrogens (tertiary/aromatic N) is 1. The first kappa shape index (κ1) is 14.0. The van der Waals surface area contributed by atoms with Crippen LogP contribution in [0, 0.1) is 5.41 Å². The van der Waals surface area contributed by atoms with Gasteiger partial charge in [0.1, 0.15) is 0 Å². The van der Waals surface area contributed by atoms with Crippen LogP contribution in [0.3, 0.4) is 0 Å². The molecule has 1 atom stereocenters. The molecule has 1 heterocycles. The van der Waals surface area contributed by atoms with Crippen LogP contribution in [0.4, 0.5) is 0 Å². The SMILES string of the molecule is CCCCN(CCC)C(=O)C1(C)CNC(=O)C1. The Balaban J connectivity index is 2.66. The minimum absolute atomic E-state index is 0.00668. The smallest absolute Gasteiger partial charge is 0.230 e. The molecular formula is C13H24N2O2. The molecule has 2 amide bonds. The number of unbranched alkanes of at least 4 members (excludes halogenated alkanes) is 1. The van der Waals surface area contributed by atoms with Gasteiger partial charge in [-0.2, -0.15) is 0 Å². The molecule has 0 aromatic rings. The lowest BCUT2D eigenvalue weighted by Gasteiger charge is -2.30. The monoisotopic (exact) mass is 240 g/mol. The second-order valence-electron chi connectivity index (χ2n) is 5.16. The molecule has 1 N–H and O–H groups in total. The van der Waals surface area contributed by atoms with Crippen LogP contribution in [0.15, 0.2) is 0 Å². The van der Waals surface area contributed by atoms with E-state index in [9.17, 15) is 9.59 Å². The summed E-state index contributed by atoms with van der Waals surface area (Å²) in [5, 5.41) is 2.76. The van der Waals surface area contributed by atoms with Gasteiger partial charge < -0.3 is 10.2 Å². The number of carbonyl (C=O) groups excluding carboxylic acids is 2. The van der Waals surface area contributed by atoms with Crippen molar-refractivity contribution in [2.75, 3.05) is 19.6 Å². The third-order valence-electron chi connectivity index (χ3n) is 3.31. The summed E-state index contributed by atoms with van der Waals surface area (Å²) in [7, 11) is 0. The van der Waals surface area contributed by atoms with Gasteiger partial charge in [0.2, 0.25) is 11.8 Å². The molecular weight excluding hydrogens is 216 g/mol. The van der Waals surface area contributed by atoms with Crippen LogP contribution in [0.25, 0.3) is 0 Å². The van der Waals surface area contributed by atoms with E-state index in [2.05, 4.69) is 19.2 Å². The predicted molar refractivity (Wildman–Crippen MR) is 67.5 cm³/mol. The van der Waals surface area contributed by atoms with Crippen LogP contribution >= 0.6 is 0 Å². The van der Waals surface area contributed by atoms with Crippen molar-refractivity contribution in [1.82, 2.24) is 10.2 Å². The van der Waals surface area contributed by atoms with E-state index in [1.54, 1.807) is 0 Å². The Labute approximate surface area is 104 Å². The third-order valence-corrected chi connectivity index (χ3v) is 3.31. The van der Waals surface area contributed by atoms with Crippen molar-refractivity contribution in [3.63, 3.8) is 0 Å². The van der Waals surface area contributed by atoms with Crippen molar-refractivity contribution in [3.8, 4) is 0 Å². The molecule has 0 bridgehead atoms. The summed E-state index contributed by atoms with van der Waals surface area (Å²) in [6.07, 6.45) is 3.41. The topological polar surface area (TPSA) is 49.4 Å². The average molecular weight is 240 g/mol. The van der Waals surface area contributed by atoms with Gasteiger partial charge in [-0.15, -0.1) is 0 Å². The van der Waals surface area contributed by atoms with Crippen LogP contribution in [-0.2, 0) is 9.59 Å². The van der Waals surface area contributed by atoms with Crippen molar-refractivity contribution in [3.05, 3.63) is 0 Å². The Morgan fingerprint density at radius 3 is 2.53 bits per heavy atom. The first-order chi connectivity index (χ1) is 8.03. The lowest BCUT2D eigenvalue weighted by molar-refractivity contribution is -0.141. The van der Waals surface area contributed by atoms with Crippen molar-refractivity contribution in [1.29, 1.82) is 0 Å². The Morgan fingerprint density at radius 2 is 2.06 bits per heavy atom. The molecule has 0 aliphatic carbocycles. The molecule has 0 aromatic carbocycles. The van der Waals surface area contributed by atoms with Crippen LogP contribution in [-0.4, -0.2) is 36.3 Å². The molecule has 0 saturated carbocycles. The fourth-order valence-corrected chi connectivity index (χ4v) is 2.24. The standard InChI is InChI=1S/C13H24N2O2/c1-4-6-8-15(7-5-2)12(17)13(3)9-11(16)14-10-13/h4-10H2,1-3H3,(H,14,16). The molecule has 1 saturated heterocycles. The summed E-state index contributed by atoms with van der Waals surface area (Å²) >= 11 is 0. The first-order valence-corrected chi connectivity index (χ1v) is 6.59. The number of hydrogen-bond donors (Lipinski definition) is 1. The molecule has 1 unspecified atom stereocenters. The quantitative estimate of drug-likeness (QED) is 0.766. The lowest BCUT2D eigenvalue weighted by Crippen LogP contribution is -2.44. The Morgan fingerprint density at radius 1 is 1.35 bits per heavy atom. The summed E-state index contributed by atoms with van der Waals surface area (Å²) in [6, 6.07) is 0. The van der Waals surface area contributed by atoms with Crippen molar-refractivity contribution in [2.24, 2.45) is 5.41 Å². The number of carbonyl (C=O) groups is 2. The zero-order valence-electron chi connectivity index (χ0n) is 11.2. The molecule has 98 valence electrons. The Bertz CT molecular complexity index is 291. The second kappa shape index (κ2) is 6.03. The number of nitrogens with one attached hydrogen (secondary N) is 1. The van der Waals surface area contributed by atoms with E-state index in [1.165, 1.54) is 0 Å². The van der Waals surface area contributed by atoms with Gasteiger partial charge in [0.25, 0.3) is 0 Å². The largest absolute Gasteiger partial charge is 0.355 e. The summed E-state index contributed by atoms with van der Waals surface area (Å²) < 4.78 is 0. The lowest BCUT2D eigenvalue weighted by atomic mass is 9.87. The van der Waals surface area contributed by atoms with E-state index in [-0.39, 0.29) is 11.8 Å². The van der Waals surface area contributed by atoms with E-state index in [0.717, 1.165) is 32.4 Å². The Kier molecular flexibility index (Phi) is 4.97. The zero-order valence-corrected chi connectivity index (χ0v) is 11.2. The maximum absolute atomic E-state index is 12.4. The molecule has 1 rings (SSSR count). The van der Waals surface area contributed by atoms with Crippen LogP contribution in [0.1, 0.15) is 46.5 Å². The first-order valence-electron chi connectivity index (χ1n) is 6.59. The summed E-state index contributed by atoms with van der Waals surface area (Å²) in [4.78, 5) is 25.6. The highest BCUT2D eigenvalue weighted by Crippen LogP contribution is 2.28. The van der Waals surface area contributed by atoms with E-state index in [1.807, 2.05) is 11.8 Å². The summed E-state index contributed by atoms with van der Waals surface area (Å²) in [5.41, 5.74) is -0.528. The third kappa shape index (κ3) is 3.45. The fourth-order valence-electron chi connectivity index (χ4n) is 2.24. The van der Waals surface area contributed by atoms with Gasteiger partial charge in [-0.1, -0.05) is 20.3 Å². The molecule has 4 nitrogen and oxygen atoms in total. The van der Waals surface area contributed by atoms with Gasteiger partial charge in [-0.05, 0) is 19.8 Å². The Hall–Kier alpha value is -1.06. The van der Waals surface area contributed by atoms with Gasteiger partial charge in [-0.25, -0.2) is 0 Å². The van der Waals surface area contributed by atoms with E-state index in [0.29, 0.717) is 13.0 Å². The highest BCUT2D eigenvalue weighted by molar-refractivity contribution is 5.92. The van der Waals surface area contributed by atoms with Crippen LogP contribution < -0.4 is 5.32 Å². The highest BCUT2D eigenvalue weighted by Gasteiger charge is 2.42. The molecule has 0 aromatic heterocycles. The normalized spacial score (nSPS) is 23.6. The van der Waals surface area contributed by atoms with Crippen molar-refractivity contribution < 1.29 is 9.59 Å². The van der Waals surface area contributed by atoms with Gasteiger partial charge in [0.15, 0.2) is 0 Å². The van der Waals surface area contributed by atoms with E-state index in [4.69, 9.17) is 0 Å². The number of amides is 2. The maximum Gasteiger partial charge on any atom is 0.230 e. The molecule has 0 radical (unpaired) electrons. The van der Waals surface area contributed by atoms with Crippen LogP contribution in [0.5, 0.6) is 0 Å². The summed E-state index contributed by atoms with van der Waals surface area (Å²) in [6.45, 7) is 8.18. The fraction of sp³-hybridized carbons (Fsp3) is 0.846. The second-order valence-corrected chi connectivity index (χ2v) is 5.16. The number of hydrogen-bond acceptors (Lipinski definition) is 2. The van der Waals surface area contributed by atoms with Gasteiger partial charge >= 0.3 is 0 Å².